The zero-order chi connectivity index (χ0) is 12.7. The van der Waals surface area contributed by atoms with Crippen molar-refractivity contribution < 1.29 is 4.79 Å². The normalized spacial score (nSPS) is 12.4. The fourth-order valence-corrected chi connectivity index (χ4v) is 1.64. The lowest BCUT2D eigenvalue weighted by atomic mass is 10.3. The number of imidazole rings is 1. The lowest BCUT2D eigenvalue weighted by molar-refractivity contribution is -0.121. The second kappa shape index (κ2) is 7.06. The highest BCUT2D eigenvalue weighted by Crippen LogP contribution is 2.07. The van der Waals surface area contributed by atoms with E-state index in [1.165, 1.54) is 0 Å². The SMILES string of the molecule is CCCNC(=O)CCNC(C)c1nccn1C. The number of carbonyl (C=O) groups is 1. The molecule has 5 nitrogen and oxygen atoms in total. The summed E-state index contributed by atoms with van der Waals surface area (Å²) in [4.78, 5) is 15.6. The summed E-state index contributed by atoms with van der Waals surface area (Å²) in [6.45, 7) is 5.52. The Bertz CT molecular complexity index is 348. The molecule has 17 heavy (non-hydrogen) atoms. The van der Waals surface area contributed by atoms with Gasteiger partial charge in [0.25, 0.3) is 0 Å². The molecule has 1 aromatic rings. The number of hydrogen-bond acceptors (Lipinski definition) is 3. The van der Waals surface area contributed by atoms with Crippen LogP contribution in [0.1, 0.15) is 38.6 Å². The van der Waals surface area contributed by atoms with Gasteiger partial charge in [-0.3, -0.25) is 4.79 Å². The Labute approximate surface area is 103 Å². The molecule has 0 radical (unpaired) electrons. The first-order valence-electron chi connectivity index (χ1n) is 6.12. The average molecular weight is 238 g/mol. The second-order valence-electron chi connectivity index (χ2n) is 4.17. The first-order valence-corrected chi connectivity index (χ1v) is 6.12. The smallest absolute Gasteiger partial charge is 0.221 e. The number of nitrogens with zero attached hydrogens (tertiary/aromatic N) is 2. The van der Waals surface area contributed by atoms with Crippen molar-refractivity contribution in [3.63, 3.8) is 0 Å². The largest absolute Gasteiger partial charge is 0.356 e. The van der Waals surface area contributed by atoms with Crippen LogP contribution in [0.2, 0.25) is 0 Å². The molecule has 1 rings (SSSR count). The average Bonchev–Trinajstić information content (AvgIpc) is 2.72. The summed E-state index contributed by atoms with van der Waals surface area (Å²) < 4.78 is 1.98. The van der Waals surface area contributed by atoms with Crippen molar-refractivity contribution in [2.45, 2.75) is 32.7 Å². The summed E-state index contributed by atoms with van der Waals surface area (Å²) in [5.74, 6) is 1.09. The number of rotatable bonds is 7. The van der Waals surface area contributed by atoms with Crippen LogP contribution in [0.25, 0.3) is 0 Å². The van der Waals surface area contributed by atoms with E-state index in [2.05, 4.69) is 15.6 Å². The van der Waals surface area contributed by atoms with E-state index in [0.29, 0.717) is 13.0 Å². The van der Waals surface area contributed by atoms with Gasteiger partial charge >= 0.3 is 0 Å². The molecule has 0 fully saturated rings. The van der Waals surface area contributed by atoms with E-state index in [0.717, 1.165) is 18.8 Å². The first kappa shape index (κ1) is 13.7. The lowest BCUT2D eigenvalue weighted by Crippen LogP contribution is -2.29. The molecule has 2 N–H and O–H groups in total. The molecule has 0 aromatic carbocycles. The van der Waals surface area contributed by atoms with Gasteiger partial charge in [-0.25, -0.2) is 4.98 Å². The van der Waals surface area contributed by atoms with Crippen LogP contribution < -0.4 is 10.6 Å². The summed E-state index contributed by atoms with van der Waals surface area (Å²) in [5.41, 5.74) is 0. The summed E-state index contributed by atoms with van der Waals surface area (Å²) in [5, 5.41) is 6.14. The number of amides is 1. The van der Waals surface area contributed by atoms with Gasteiger partial charge in [0.1, 0.15) is 5.82 Å². The Morgan fingerprint density at radius 2 is 2.29 bits per heavy atom. The highest BCUT2D eigenvalue weighted by molar-refractivity contribution is 5.75. The summed E-state index contributed by atoms with van der Waals surface area (Å²) in [6, 6.07) is 0.161. The minimum absolute atomic E-state index is 0.103. The van der Waals surface area contributed by atoms with Crippen LogP contribution in [-0.4, -0.2) is 28.5 Å². The fraction of sp³-hybridized carbons (Fsp3) is 0.667. The van der Waals surface area contributed by atoms with E-state index < -0.39 is 0 Å². The standard InChI is InChI=1S/C12H22N4O/c1-4-6-14-11(17)5-7-13-10(2)12-15-8-9-16(12)3/h8-10,13H,4-7H2,1-3H3,(H,14,17). The highest BCUT2D eigenvalue weighted by atomic mass is 16.1. The van der Waals surface area contributed by atoms with Crippen LogP contribution in [0, 0.1) is 0 Å². The minimum Gasteiger partial charge on any atom is -0.356 e. The summed E-state index contributed by atoms with van der Waals surface area (Å²) in [6.07, 6.45) is 5.18. The molecule has 0 aliphatic carbocycles. The molecule has 0 saturated heterocycles. The van der Waals surface area contributed by atoms with E-state index in [-0.39, 0.29) is 11.9 Å². The van der Waals surface area contributed by atoms with Crippen LogP contribution >= 0.6 is 0 Å². The molecule has 0 aliphatic heterocycles. The van der Waals surface area contributed by atoms with Crippen molar-refractivity contribution in [1.29, 1.82) is 0 Å². The molecular formula is C12H22N4O. The maximum atomic E-state index is 11.4. The maximum Gasteiger partial charge on any atom is 0.221 e. The van der Waals surface area contributed by atoms with Gasteiger partial charge in [-0.2, -0.15) is 0 Å². The third-order valence-corrected chi connectivity index (χ3v) is 2.62. The minimum atomic E-state index is 0.103. The number of hydrogen-bond donors (Lipinski definition) is 2. The van der Waals surface area contributed by atoms with Crippen molar-refractivity contribution in [2.75, 3.05) is 13.1 Å². The number of carbonyl (C=O) groups excluding carboxylic acids is 1. The summed E-state index contributed by atoms with van der Waals surface area (Å²) >= 11 is 0. The van der Waals surface area contributed by atoms with Crippen LogP contribution in [0.5, 0.6) is 0 Å². The topological polar surface area (TPSA) is 59.0 Å². The van der Waals surface area contributed by atoms with Crippen molar-refractivity contribution in [1.82, 2.24) is 20.2 Å². The lowest BCUT2D eigenvalue weighted by Gasteiger charge is -2.13. The van der Waals surface area contributed by atoms with Gasteiger partial charge in [-0.1, -0.05) is 6.92 Å². The molecule has 1 atom stereocenters. The Balaban J connectivity index is 2.23. The van der Waals surface area contributed by atoms with Gasteiger partial charge in [-0.15, -0.1) is 0 Å². The zero-order valence-corrected chi connectivity index (χ0v) is 10.9. The number of aromatic nitrogens is 2. The number of aryl methyl sites for hydroxylation is 1. The fourth-order valence-electron chi connectivity index (χ4n) is 1.64. The van der Waals surface area contributed by atoms with Gasteiger partial charge < -0.3 is 15.2 Å². The molecule has 96 valence electrons. The number of nitrogens with one attached hydrogen (secondary N) is 2. The molecule has 5 heteroatoms. The van der Waals surface area contributed by atoms with Gasteiger partial charge in [0.15, 0.2) is 0 Å². The second-order valence-corrected chi connectivity index (χ2v) is 4.17. The van der Waals surface area contributed by atoms with E-state index >= 15 is 0 Å². The van der Waals surface area contributed by atoms with Gasteiger partial charge in [0, 0.05) is 39.0 Å². The Kier molecular flexibility index (Phi) is 5.69. The molecule has 0 aliphatic rings. The molecule has 0 spiro atoms. The molecule has 1 unspecified atom stereocenters. The highest BCUT2D eigenvalue weighted by Gasteiger charge is 2.09. The third kappa shape index (κ3) is 4.56. The van der Waals surface area contributed by atoms with E-state index in [1.807, 2.05) is 31.7 Å². The molecule has 1 amide bonds. The van der Waals surface area contributed by atoms with Crippen LogP contribution in [0.4, 0.5) is 0 Å². The summed E-state index contributed by atoms with van der Waals surface area (Å²) in [7, 11) is 1.97. The van der Waals surface area contributed by atoms with E-state index in [4.69, 9.17) is 0 Å². The molecular weight excluding hydrogens is 216 g/mol. The molecule has 1 aromatic heterocycles. The molecule has 0 saturated carbocycles. The molecule has 1 heterocycles. The van der Waals surface area contributed by atoms with E-state index in [9.17, 15) is 4.79 Å². The van der Waals surface area contributed by atoms with Crippen LogP contribution in [-0.2, 0) is 11.8 Å². The van der Waals surface area contributed by atoms with Crippen molar-refractivity contribution >= 4 is 5.91 Å². The van der Waals surface area contributed by atoms with Gasteiger partial charge in [0.05, 0.1) is 6.04 Å². The van der Waals surface area contributed by atoms with Crippen molar-refractivity contribution in [3.8, 4) is 0 Å². The van der Waals surface area contributed by atoms with Crippen LogP contribution in [0.3, 0.4) is 0 Å². The monoisotopic (exact) mass is 238 g/mol. The quantitative estimate of drug-likeness (QED) is 0.744. The molecule has 0 bridgehead atoms. The maximum absolute atomic E-state index is 11.4. The van der Waals surface area contributed by atoms with Crippen molar-refractivity contribution in [3.05, 3.63) is 18.2 Å². The Hall–Kier alpha value is -1.36. The van der Waals surface area contributed by atoms with Gasteiger partial charge in [0.2, 0.25) is 5.91 Å². The first-order chi connectivity index (χ1) is 8.15. The van der Waals surface area contributed by atoms with E-state index in [1.54, 1.807) is 6.20 Å². The predicted octanol–water partition coefficient (Wildman–Crippen LogP) is 0.987. The Morgan fingerprint density at radius 1 is 1.53 bits per heavy atom. The van der Waals surface area contributed by atoms with Gasteiger partial charge in [-0.05, 0) is 13.3 Å². The van der Waals surface area contributed by atoms with Crippen molar-refractivity contribution in [2.24, 2.45) is 7.05 Å². The predicted molar refractivity (Wildman–Crippen MR) is 67.5 cm³/mol. The Morgan fingerprint density at radius 3 is 2.88 bits per heavy atom. The third-order valence-electron chi connectivity index (χ3n) is 2.62. The van der Waals surface area contributed by atoms with Crippen LogP contribution in [0.15, 0.2) is 12.4 Å². The zero-order valence-electron chi connectivity index (χ0n) is 10.9.